The van der Waals surface area contributed by atoms with Gasteiger partial charge in [0, 0.05) is 12.6 Å². The van der Waals surface area contributed by atoms with E-state index >= 15 is 0 Å². The number of aliphatic hydroxyl groups is 1. The van der Waals surface area contributed by atoms with Gasteiger partial charge in [0.1, 0.15) is 25.3 Å². The molecule has 0 amide bonds. The molecule has 1 aromatic carbocycles. The van der Waals surface area contributed by atoms with E-state index < -0.39 is 0 Å². The van der Waals surface area contributed by atoms with Gasteiger partial charge < -0.3 is 9.84 Å². The van der Waals surface area contributed by atoms with Crippen LogP contribution in [0.25, 0.3) is 0 Å². The number of aliphatic hydroxyl groups excluding tert-OH is 1. The second-order valence-corrected chi connectivity index (χ2v) is 3.58. The van der Waals surface area contributed by atoms with Gasteiger partial charge in [-0.2, -0.15) is 5.10 Å². The van der Waals surface area contributed by atoms with Crippen molar-refractivity contribution in [1.29, 1.82) is 0 Å². The van der Waals surface area contributed by atoms with Gasteiger partial charge in [-0.05, 0) is 18.2 Å². The Kier molecular flexibility index (Phi) is 3.94. The molecule has 0 aliphatic heterocycles. The van der Waals surface area contributed by atoms with E-state index in [1.54, 1.807) is 4.68 Å². The molecule has 5 nitrogen and oxygen atoms in total. The highest BCUT2D eigenvalue weighted by atomic mass is 16.5. The first-order valence-electron chi connectivity index (χ1n) is 5.45. The Labute approximate surface area is 105 Å². The maximum Gasteiger partial charge on any atom is 0.164 e. The molecule has 0 spiro atoms. The number of aromatic nitrogens is 3. The van der Waals surface area contributed by atoms with Gasteiger partial charge in [-0.3, -0.25) is 4.68 Å². The highest BCUT2D eigenvalue weighted by Gasteiger charge is 2.01. The molecule has 0 unspecified atom stereocenters. The predicted octanol–water partition coefficient (Wildman–Crippen LogP) is 0.738. The lowest BCUT2D eigenvalue weighted by Gasteiger charge is -2.05. The number of aryl methyl sites for hydroxylation is 1. The van der Waals surface area contributed by atoms with Gasteiger partial charge in [0.25, 0.3) is 0 Å². The molecule has 0 aliphatic rings. The predicted molar refractivity (Wildman–Crippen MR) is 65.7 cm³/mol. The number of hydrogen-bond acceptors (Lipinski definition) is 4. The monoisotopic (exact) mass is 243 g/mol. The molecule has 1 N–H and O–H groups in total. The highest BCUT2D eigenvalue weighted by Crippen LogP contribution is 2.13. The fraction of sp³-hybridized carbons (Fsp3) is 0.231. The van der Waals surface area contributed by atoms with Crippen molar-refractivity contribution in [2.45, 2.75) is 6.61 Å². The van der Waals surface area contributed by atoms with Crippen LogP contribution < -0.4 is 4.74 Å². The van der Waals surface area contributed by atoms with Crippen LogP contribution in [0.5, 0.6) is 5.75 Å². The molecule has 0 bridgehead atoms. The molecular formula is C13H13N3O2. The average Bonchev–Trinajstić information content (AvgIpc) is 2.80. The molecule has 2 aromatic rings. The quantitative estimate of drug-likeness (QED) is 0.808. The fourth-order valence-electron chi connectivity index (χ4n) is 1.40. The van der Waals surface area contributed by atoms with Crippen LogP contribution >= 0.6 is 0 Å². The van der Waals surface area contributed by atoms with Crippen LogP contribution in [-0.4, -0.2) is 26.5 Å². The lowest BCUT2D eigenvalue weighted by atomic mass is 10.2. The molecule has 0 saturated heterocycles. The smallest absolute Gasteiger partial charge is 0.164 e. The summed E-state index contributed by atoms with van der Waals surface area (Å²) in [5.74, 6) is 6.88. The number of nitrogens with zero attached hydrogens (tertiary/aromatic N) is 3. The minimum atomic E-state index is -0.149. The molecule has 92 valence electrons. The van der Waals surface area contributed by atoms with E-state index in [2.05, 4.69) is 21.9 Å². The molecule has 5 heteroatoms. The van der Waals surface area contributed by atoms with Crippen molar-refractivity contribution >= 4 is 0 Å². The number of rotatable bonds is 3. The molecule has 0 aliphatic carbocycles. The number of benzene rings is 1. The Balaban J connectivity index is 2.03. The second-order valence-electron chi connectivity index (χ2n) is 3.58. The average molecular weight is 243 g/mol. The van der Waals surface area contributed by atoms with E-state index in [9.17, 15) is 0 Å². The highest BCUT2D eigenvalue weighted by molar-refractivity contribution is 5.39. The Hall–Kier alpha value is -2.32. The van der Waals surface area contributed by atoms with Crippen molar-refractivity contribution in [3.63, 3.8) is 0 Å². The summed E-state index contributed by atoms with van der Waals surface area (Å²) in [6, 6.07) is 7.38. The zero-order valence-electron chi connectivity index (χ0n) is 10.00. The van der Waals surface area contributed by atoms with Gasteiger partial charge in [0.15, 0.2) is 5.82 Å². The van der Waals surface area contributed by atoms with E-state index in [1.165, 1.54) is 6.33 Å². The fourth-order valence-corrected chi connectivity index (χ4v) is 1.40. The van der Waals surface area contributed by atoms with E-state index in [0.717, 1.165) is 11.4 Å². The molecule has 0 saturated carbocycles. The molecule has 18 heavy (non-hydrogen) atoms. The van der Waals surface area contributed by atoms with Crippen LogP contribution in [0, 0.1) is 11.8 Å². The maximum absolute atomic E-state index is 8.63. The number of ether oxygens (including phenoxy) is 1. The first kappa shape index (κ1) is 12.1. The van der Waals surface area contributed by atoms with Crippen LogP contribution in [0.1, 0.15) is 11.4 Å². The van der Waals surface area contributed by atoms with Gasteiger partial charge in [-0.1, -0.05) is 17.9 Å². The van der Waals surface area contributed by atoms with Crippen LogP contribution in [0.2, 0.25) is 0 Å². The summed E-state index contributed by atoms with van der Waals surface area (Å²) < 4.78 is 7.26. The lowest BCUT2D eigenvalue weighted by molar-refractivity contribution is 0.289. The molecule has 0 atom stereocenters. The van der Waals surface area contributed by atoms with E-state index in [1.807, 2.05) is 31.3 Å². The van der Waals surface area contributed by atoms with Crippen LogP contribution in [0.4, 0.5) is 0 Å². The Morgan fingerprint density at radius 2 is 2.33 bits per heavy atom. The topological polar surface area (TPSA) is 60.2 Å². The first-order valence-corrected chi connectivity index (χ1v) is 5.45. The minimum absolute atomic E-state index is 0.149. The van der Waals surface area contributed by atoms with Crippen molar-refractivity contribution in [2.24, 2.45) is 7.05 Å². The summed E-state index contributed by atoms with van der Waals surface area (Å²) in [5.41, 5.74) is 0.805. The molecular weight excluding hydrogens is 230 g/mol. The summed E-state index contributed by atoms with van der Waals surface area (Å²) in [7, 11) is 1.81. The Bertz CT molecular complexity index is 581. The summed E-state index contributed by atoms with van der Waals surface area (Å²) >= 11 is 0. The maximum atomic E-state index is 8.63. The molecule has 1 aromatic heterocycles. The first-order chi connectivity index (χ1) is 8.79. The third-order valence-corrected chi connectivity index (χ3v) is 2.32. The van der Waals surface area contributed by atoms with Crippen LogP contribution in [-0.2, 0) is 13.7 Å². The second kappa shape index (κ2) is 5.84. The van der Waals surface area contributed by atoms with E-state index in [-0.39, 0.29) is 6.61 Å². The summed E-state index contributed by atoms with van der Waals surface area (Å²) in [6.07, 6.45) is 1.49. The third kappa shape index (κ3) is 3.09. The largest absolute Gasteiger partial charge is 0.486 e. The Morgan fingerprint density at radius 1 is 1.44 bits per heavy atom. The van der Waals surface area contributed by atoms with Crippen molar-refractivity contribution in [1.82, 2.24) is 14.8 Å². The Morgan fingerprint density at radius 3 is 3.06 bits per heavy atom. The summed E-state index contributed by atoms with van der Waals surface area (Å²) in [4.78, 5) is 4.07. The molecule has 2 rings (SSSR count). The van der Waals surface area contributed by atoms with Crippen molar-refractivity contribution in [3.8, 4) is 17.6 Å². The van der Waals surface area contributed by atoms with Gasteiger partial charge >= 0.3 is 0 Å². The van der Waals surface area contributed by atoms with E-state index in [0.29, 0.717) is 12.4 Å². The zero-order valence-corrected chi connectivity index (χ0v) is 10.00. The molecule has 1 heterocycles. The van der Waals surface area contributed by atoms with Crippen molar-refractivity contribution < 1.29 is 9.84 Å². The van der Waals surface area contributed by atoms with Gasteiger partial charge in [0.05, 0.1) is 0 Å². The number of hydrogen-bond donors (Lipinski definition) is 1. The normalized spacial score (nSPS) is 9.67. The summed E-state index contributed by atoms with van der Waals surface area (Å²) in [6.45, 7) is 0.206. The standard InChI is InChI=1S/C13H13N3O2/c1-16-13(14-10-15-16)9-18-12-6-2-4-11(8-12)5-3-7-17/h2,4,6,8,10,17H,7,9H2,1H3. The third-order valence-electron chi connectivity index (χ3n) is 2.32. The van der Waals surface area contributed by atoms with Gasteiger partial charge in [-0.25, -0.2) is 4.98 Å². The van der Waals surface area contributed by atoms with Gasteiger partial charge in [0.2, 0.25) is 0 Å². The molecule has 0 fully saturated rings. The van der Waals surface area contributed by atoms with Crippen LogP contribution in [0.15, 0.2) is 30.6 Å². The lowest BCUT2D eigenvalue weighted by Crippen LogP contribution is -2.04. The zero-order chi connectivity index (χ0) is 12.8. The van der Waals surface area contributed by atoms with Crippen molar-refractivity contribution in [3.05, 3.63) is 42.0 Å². The summed E-state index contributed by atoms with van der Waals surface area (Å²) in [5, 5.41) is 12.6. The van der Waals surface area contributed by atoms with Gasteiger partial charge in [-0.15, -0.1) is 0 Å². The van der Waals surface area contributed by atoms with E-state index in [4.69, 9.17) is 9.84 Å². The molecule has 0 radical (unpaired) electrons. The SMILES string of the molecule is Cn1ncnc1COc1cccc(C#CCO)c1. The minimum Gasteiger partial charge on any atom is -0.486 e. The van der Waals surface area contributed by atoms with Crippen LogP contribution in [0.3, 0.4) is 0 Å². The van der Waals surface area contributed by atoms with Crippen molar-refractivity contribution in [2.75, 3.05) is 6.61 Å².